The second-order valence-corrected chi connectivity index (χ2v) is 6.53. The van der Waals surface area contributed by atoms with Crippen molar-refractivity contribution in [2.75, 3.05) is 19.2 Å². The van der Waals surface area contributed by atoms with Gasteiger partial charge in [-0.2, -0.15) is 0 Å². The maximum absolute atomic E-state index is 13.0. The molecule has 1 atom stereocenters. The van der Waals surface area contributed by atoms with Crippen LogP contribution in [-0.2, 0) is 0 Å². The van der Waals surface area contributed by atoms with Crippen molar-refractivity contribution in [3.63, 3.8) is 0 Å². The fourth-order valence-corrected chi connectivity index (χ4v) is 3.20. The fourth-order valence-electron chi connectivity index (χ4n) is 3.20. The third kappa shape index (κ3) is 3.93. The molecule has 28 heavy (non-hydrogen) atoms. The maximum atomic E-state index is 13.0. The summed E-state index contributed by atoms with van der Waals surface area (Å²) in [6, 6.07) is 22.8. The molecule has 4 rings (SSSR count). The number of Topliss-reactive ketones (excluding diaryl/α,β-unsaturated/α-hetero) is 1. The van der Waals surface area contributed by atoms with Crippen molar-refractivity contribution in [3.8, 4) is 17.2 Å². The van der Waals surface area contributed by atoms with Gasteiger partial charge in [-0.1, -0.05) is 30.3 Å². The van der Waals surface area contributed by atoms with Gasteiger partial charge in [0.25, 0.3) is 0 Å². The van der Waals surface area contributed by atoms with Gasteiger partial charge in [-0.3, -0.25) is 4.79 Å². The Balaban J connectivity index is 1.58. The molecule has 0 saturated heterocycles. The van der Waals surface area contributed by atoms with Crippen molar-refractivity contribution < 1.29 is 19.0 Å². The lowest BCUT2D eigenvalue weighted by molar-refractivity contribution is 0.0976. The van der Waals surface area contributed by atoms with Gasteiger partial charge in [-0.05, 0) is 48.0 Å². The predicted octanol–water partition coefficient (Wildman–Crippen LogP) is 4.85. The van der Waals surface area contributed by atoms with Crippen LogP contribution < -0.4 is 19.5 Å². The van der Waals surface area contributed by atoms with Gasteiger partial charge in [0.15, 0.2) is 17.3 Å². The van der Waals surface area contributed by atoms with E-state index in [-0.39, 0.29) is 18.6 Å². The number of carbonyl (C=O) groups is 1. The molecular formula is C23H21NO4. The first kappa shape index (κ1) is 17.9. The molecule has 5 heteroatoms. The number of hydrogen-bond acceptors (Lipinski definition) is 5. The van der Waals surface area contributed by atoms with Crippen molar-refractivity contribution in [1.82, 2.24) is 0 Å². The highest BCUT2D eigenvalue weighted by molar-refractivity contribution is 5.97. The van der Waals surface area contributed by atoms with Gasteiger partial charge >= 0.3 is 0 Å². The zero-order chi connectivity index (χ0) is 19.3. The van der Waals surface area contributed by atoms with E-state index in [0.29, 0.717) is 23.5 Å². The number of ketones is 1. The average molecular weight is 375 g/mol. The van der Waals surface area contributed by atoms with Crippen LogP contribution in [0.3, 0.4) is 0 Å². The largest absolute Gasteiger partial charge is 0.497 e. The highest BCUT2D eigenvalue weighted by Gasteiger charge is 2.20. The van der Waals surface area contributed by atoms with Crippen molar-refractivity contribution in [3.05, 3.63) is 83.9 Å². The molecule has 0 spiro atoms. The van der Waals surface area contributed by atoms with Gasteiger partial charge < -0.3 is 19.5 Å². The standard InChI is InChI=1S/C23H21NO4/c1-26-19-10-7-16(8-11-19)20(24-18-5-3-2-4-6-18)14-21(25)17-9-12-22-23(13-17)28-15-27-22/h2-13,20,24H,14-15H2,1H3/t20-/m0/s1. The SMILES string of the molecule is COc1ccc([C@H](CC(=O)c2ccc3c(c2)OCO3)Nc2ccccc2)cc1. The lowest BCUT2D eigenvalue weighted by Crippen LogP contribution is -2.16. The number of para-hydroxylation sites is 1. The van der Waals surface area contributed by atoms with E-state index in [1.165, 1.54) is 0 Å². The van der Waals surface area contributed by atoms with Crippen LogP contribution in [0.2, 0.25) is 0 Å². The first-order valence-electron chi connectivity index (χ1n) is 9.11. The second-order valence-electron chi connectivity index (χ2n) is 6.53. The summed E-state index contributed by atoms with van der Waals surface area (Å²) in [7, 11) is 1.64. The summed E-state index contributed by atoms with van der Waals surface area (Å²) in [4.78, 5) is 13.0. The maximum Gasteiger partial charge on any atom is 0.231 e. The normalized spacial score (nSPS) is 13.0. The fraction of sp³-hybridized carbons (Fsp3) is 0.174. The van der Waals surface area contributed by atoms with E-state index in [4.69, 9.17) is 14.2 Å². The number of nitrogens with one attached hydrogen (secondary N) is 1. The number of methoxy groups -OCH3 is 1. The Morgan fingerprint density at radius 1 is 1.00 bits per heavy atom. The Morgan fingerprint density at radius 2 is 1.75 bits per heavy atom. The summed E-state index contributed by atoms with van der Waals surface area (Å²) in [5.41, 5.74) is 2.58. The number of benzene rings is 3. The van der Waals surface area contributed by atoms with Crippen LogP contribution in [0.5, 0.6) is 17.2 Å². The molecule has 0 bridgehead atoms. The predicted molar refractivity (Wildman–Crippen MR) is 107 cm³/mol. The monoisotopic (exact) mass is 375 g/mol. The van der Waals surface area contributed by atoms with Crippen molar-refractivity contribution in [1.29, 1.82) is 0 Å². The smallest absolute Gasteiger partial charge is 0.231 e. The molecule has 5 nitrogen and oxygen atoms in total. The van der Waals surface area contributed by atoms with Gasteiger partial charge in [0, 0.05) is 17.7 Å². The van der Waals surface area contributed by atoms with Crippen LogP contribution in [0.1, 0.15) is 28.4 Å². The van der Waals surface area contributed by atoms with Crippen molar-refractivity contribution >= 4 is 11.5 Å². The van der Waals surface area contributed by atoms with E-state index in [2.05, 4.69) is 5.32 Å². The van der Waals surface area contributed by atoms with E-state index in [1.54, 1.807) is 25.3 Å². The summed E-state index contributed by atoms with van der Waals surface area (Å²) in [6.07, 6.45) is 0.306. The molecule has 3 aromatic rings. The molecule has 1 heterocycles. The van der Waals surface area contributed by atoms with Crippen molar-refractivity contribution in [2.24, 2.45) is 0 Å². The Bertz CT molecular complexity index is 954. The number of fused-ring (bicyclic) bond motifs is 1. The third-order valence-electron chi connectivity index (χ3n) is 4.72. The molecule has 1 N–H and O–H groups in total. The van der Waals surface area contributed by atoms with Crippen molar-refractivity contribution in [2.45, 2.75) is 12.5 Å². The van der Waals surface area contributed by atoms with E-state index < -0.39 is 0 Å². The van der Waals surface area contributed by atoms with Gasteiger partial charge in [0.2, 0.25) is 6.79 Å². The molecule has 1 aliphatic rings. The summed E-state index contributed by atoms with van der Waals surface area (Å²) in [5, 5.41) is 3.47. The molecule has 0 fully saturated rings. The molecule has 0 amide bonds. The quantitative estimate of drug-likeness (QED) is 0.598. The Hall–Kier alpha value is -3.47. The number of hydrogen-bond donors (Lipinski definition) is 1. The Morgan fingerprint density at radius 3 is 2.50 bits per heavy atom. The zero-order valence-electron chi connectivity index (χ0n) is 15.6. The Labute approximate surface area is 163 Å². The lowest BCUT2D eigenvalue weighted by atomic mass is 9.97. The minimum atomic E-state index is -0.175. The van der Waals surface area contributed by atoms with Crippen LogP contribution >= 0.6 is 0 Å². The topological polar surface area (TPSA) is 56.8 Å². The van der Waals surface area contributed by atoms with E-state index in [9.17, 15) is 4.79 Å². The molecule has 1 aliphatic heterocycles. The highest BCUT2D eigenvalue weighted by Crippen LogP contribution is 2.34. The van der Waals surface area contributed by atoms with Gasteiger partial charge in [-0.15, -0.1) is 0 Å². The van der Waals surface area contributed by atoms with Crippen LogP contribution in [0.15, 0.2) is 72.8 Å². The summed E-state index contributed by atoms with van der Waals surface area (Å²) in [5.74, 6) is 2.10. The first-order valence-corrected chi connectivity index (χ1v) is 9.11. The minimum absolute atomic E-state index is 0.0301. The van der Waals surface area contributed by atoms with E-state index in [1.807, 2.05) is 54.6 Å². The molecule has 3 aromatic carbocycles. The summed E-state index contributed by atoms with van der Waals surface area (Å²) in [6.45, 7) is 0.191. The van der Waals surface area contributed by atoms with Crippen LogP contribution in [0.25, 0.3) is 0 Å². The van der Waals surface area contributed by atoms with Gasteiger partial charge in [-0.25, -0.2) is 0 Å². The molecule has 142 valence electrons. The van der Waals surface area contributed by atoms with E-state index >= 15 is 0 Å². The van der Waals surface area contributed by atoms with Gasteiger partial charge in [0.1, 0.15) is 5.75 Å². The first-order chi connectivity index (χ1) is 13.7. The second kappa shape index (κ2) is 8.05. The molecule has 0 saturated carbocycles. The summed E-state index contributed by atoms with van der Waals surface area (Å²) < 4.78 is 16.0. The minimum Gasteiger partial charge on any atom is -0.497 e. The third-order valence-corrected chi connectivity index (χ3v) is 4.72. The number of ether oxygens (including phenoxy) is 3. The lowest BCUT2D eigenvalue weighted by Gasteiger charge is -2.20. The van der Waals surface area contributed by atoms with Crippen LogP contribution in [0.4, 0.5) is 5.69 Å². The van der Waals surface area contributed by atoms with Gasteiger partial charge in [0.05, 0.1) is 13.2 Å². The molecular weight excluding hydrogens is 354 g/mol. The van der Waals surface area contributed by atoms with E-state index in [0.717, 1.165) is 17.0 Å². The number of rotatable bonds is 7. The van der Waals surface area contributed by atoms with Crippen LogP contribution in [-0.4, -0.2) is 19.7 Å². The number of anilines is 1. The average Bonchev–Trinajstić information content (AvgIpc) is 3.22. The molecule has 0 aliphatic carbocycles. The molecule has 0 aromatic heterocycles. The Kier molecular flexibility index (Phi) is 5.15. The molecule has 0 unspecified atom stereocenters. The zero-order valence-corrected chi connectivity index (χ0v) is 15.6. The highest BCUT2D eigenvalue weighted by atomic mass is 16.7. The summed E-state index contributed by atoms with van der Waals surface area (Å²) >= 11 is 0. The van der Waals surface area contributed by atoms with Crippen LogP contribution in [0, 0.1) is 0 Å². The number of carbonyl (C=O) groups excluding carboxylic acids is 1. The molecule has 0 radical (unpaired) electrons.